The van der Waals surface area contributed by atoms with Crippen molar-refractivity contribution in [1.29, 1.82) is 0 Å². The fraction of sp³-hybridized carbons (Fsp3) is 0. The van der Waals surface area contributed by atoms with Crippen molar-refractivity contribution in [1.82, 2.24) is 3.96 Å². The molecule has 3 aromatic rings. The number of hydrogen-bond acceptors (Lipinski definition) is 2. The van der Waals surface area contributed by atoms with E-state index in [1.807, 2.05) is 60.7 Å². The monoisotopic (exact) mass is 331 g/mol. The average Bonchev–Trinajstić information content (AvgIpc) is 2.77. The zero-order chi connectivity index (χ0) is 13.2. The third-order valence-corrected chi connectivity index (χ3v) is 4.96. The van der Waals surface area contributed by atoms with E-state index in [1.54, 1.807) is 3.96 Å². The normalized spacial score (nSPS) is 10.6. The van der Waals surface area contributed by atoms with Crippen LogP contribution in [0.25, 0.3) is 16.1 Å². The zero-order valence-corrected chi connectivity index (χ0v) is 12.3. The van der Waals surface area contributed by atoms with Crippen molar-refractivity contribution in [2.24, 2.45) is 0 Å². The van der Waals surface area contributed by atoms with Gasteiger partial charge in [0.15, 0.2) is 0 Å². The van der Waals surface area contributed by atoms with Crippen molar-refractivity contribution >= 4 is 27.5 Å². The SMILES string of the molecule is O=c1c(Br)c(-c2ccccc2)sn1-c1ccccc1. The van der Waals surface area contributed by atoms with E-state index in [1.165, 1.54) is 11.5 Å². The van der Waals surface area contributed by atoms with Crippen LogP contribution in [0.3, 0.4) is 0 Å². The second-order valence-corrected chi connectivity index (χ2v) is 5.78. The van der Waals surface area contributed by atoms with Crippen molar-refractivity contribution in [3.63, 3.8) is 0 Å². The molecule has 19 heavy (non-hydrogen) atoms. The molecule has 0 N–H and O–H groups in total. The van der Waals surface area contributed by atoms with E-state index in [9.17, 15) is 4.79 Å². The van der Waals surface area contributed by atoms with Crippen molar-refractivity contribution in [3.05, 3.63) is 75.5 Å². The van der Waals surface area contributed by atoms with Crippen LogP contribution in [0.4, 0.5) is 0 Å². The summed E-state index contributed by atoms with van der Waals surface area (Å²) in [7, 11) is 0. The highest BCUT2D eigenvalue weighted by Crippen LogP contribution is 2.31. The quantitative estimate of drug-likeness (QED) is 0.685. The zero-order valence-electron chi connectivity index (χ0n) is 9.92. The molecular formula is C15H10BrNOS. The molecule has 0 saturated heterocycles. The Labute approximate surface area is 123 Å². The van der Waals surface area contributed by atoms with E-state index in [4.69, 9.17) is 0 Å². The number of hydrogen-bond donors (Lipinski definition) is 0. The van der Waals surface area contributed by atoms with Crippen LogP contribution >= 0.6 is 27.5 Å². The van der Waals surface area contributed by atoms with E-state index < -0.39 is 0 Å². The van der Waals surface area contributed by atoms with Gasteiger partial charge < -0.3 is 0 Å². The van der Waals surface area contributed by atoms with Crippen LogP contribution < -0.4 is 5.56 Å². The van der Waals surface area contributed by atoms with Crippen LogP contribution in [0.1, 0.15) is 0 Å². The van der Waals surface area contributed by atoms with Gasteiger partial charge in [0, 0.05) is 0 Å². The molecule has 0 fully saturated rings. The first kappa shape index (κ1) is 12.4. The van der Waals surface area contributed by atoms with Gasteiger partial charge in [0.1, 0.15) is 4.47 Å². The minimum atomic E-state index is -0.0185. The number of rotatable bonds is 2. The molecule has 94 valence electrons. The fourth-order valence-electron chi connectivity index (χ4n) is 1.86. The van der Waals surface area contributed by atoms with Crippen molar-refractivity contribution < 1.29 is 0 Å². The maximum absolute atomic E-state index is 12.3. The van der Waals surface area contributed by atoms with Crippen LogP contribution in [0, 0.1) is 0 Å². The van der Waals surface area contributed by atoms with Gasteiger partial charge in [-0.05, 0) is 45.2 Å². The lowest BCUT2D eigenvalue weighted by molar-refractivity contribution is 1.12. The summed E-state index contributed by atoms with van der Waals surface area (Å²) >= 11 is 4.86. The number of para-hydroxylation sites is 1. The third kappa shape index (κ3) is 2.29. The Balaban J connectivity index is 2.19. The Morgan fingerprint density at radius 3 is 2.11 bits per heavy atom. The molecule has 0 saturated carbocycles. The molecule has 3 rings (SSSR count). The lowest BCUT2D eigenvalue weighted by Gasteiger charge is -1.99. The minimum absolute atomic E-state index is 0.0185. The highest BCUT2D eigenvalue weighted by molar-refractivity contribution is 9.10. The molecule has 0 aliphatic heterocycles. The first-order valence-electron chi connectivity index (χ1n) is 5.80. The van der Waals surface area contributed by atoms with Gasteiger partial charge in [0.05, 0.1) is 10.6 Å². The van der Waals surface area contributed by atoms with Gasteiger partial charge in [-0.3, -0.25) is 4.79 Å². The van der Waals surface area contributed by atoms with Gasteiger partial charge in [-0.1, -0.05) is 48.5 Å². The van der Waals surface area contributed by atoms with Crippen molar-refractivity contribution in [2.75, 3.05) is 0 Å². The lowest BCUT2D eigenvalue weighted by atomic mass is 10.2. The molecule has 0 amide bonds. The third-order valence-electron chi connectivity index (χ3n) is 2.78. The summed E-state index contributed by atoms with van der Waals surface area (Å²) in [5.74, 6) is 0. The van der Waals surface area contributed by atoms with E-state index in [2.05, 4.69) is 15.9 Å². The summed E-state index contributed by atoms with van der Waals surface area (Å²) in [6.07, 6.45) is 0. The Bertz CT molecular complexity index is 747. The number of benzene rings is 2. The summed E-state index contributed by atoms with van der Waals surface area (Å²) < 4.78 is 2.32. The molecule has 2 aromatic carbocycles. The second-order valence-electron chi connectivity index (χ2n) is 4.04. The average molecular weight is 332 g/mol. The molecule has 1 aromatic heterocycles. The van der Waals surface area contributed by atoms with Crippen LogP contribution in [0.15, 0.2) is 69.9 Å². The van der Waals surface area contributed by atoms with Gasteiger partial charge in [-0.2, -0.15) is 0 Å². The summed E-state index contributed by atoms with van der Waals surface area (Å²) in [5, 5.41) is 0. The molecule has 0 unspecified atom stereocenters. The second kappa shape index (κ2) is 5.15. The first-order chi connectivity index (χ1) is 9.27. The number of nitrogens with zero attached hydrogens (tertiary/aromatic N) is 1. The van der Waals surface area contributed by atoms with Gasteiger partial charge >= 0.3 is 0 Å². The molecular weight excluding hydrogens is 322 g/mol. The Morgan fingerprint density at radius 2 is 1.47 bits per heavy atom. The molecule has 0 aliphatic rings. The smallest absolute Gasteiger partial charge is 0.267 e. The molecule has 0 bridgehead atoms. The van der Waals surface area contributed by atoms with Gasteiger partial charge in [-0.25, -0.2) is 3.96 Å². The van der Waals surface area contributed by atoms with E-state index >= 15 is 0 Å². The highest BCUT2D eigenvalue weighted by atomic mass is 79.9. The van der Waals surface area contributed by atoms with E-state index in [0.29, 0.717) is 4.47 Å². The van der Waals surface area contributed by atoms with Crippen LogP contribution in [-0.2, 0) is 0 Å². The Kier molecular flexibility index (Phi) is 3.36. The molecule has 1 heterocycles. The standard InChI is InChI=1S/C15H10BrNOS/c16-13-14(11-7-3-1-4-8-11)19-17(15(13)18)12-9-5-2-6-10-12/h1-10H. The number of halogens is 1. The van der Waals surface area contributed by atoms with E-state index in [-0.39, 0.29) is 5.56 Å². The van der Waals surface area contributed by atoms with E-state index in [0.717, 1.165) is 16.1 Å². The van der Waals surface area contributed by atoms with Crippen LogP contribution in [0.5, 0.6) is 0 Å². The van der Waals surface area contributed by atoms with Gasteiger partial charge in [0.25, 0.3) is 5.56 Å². The van der Waals surface area contributed by atoms with Crippen LogP contribution in [0.2, 0.25) is 0 Å². The molecule has 0 spiro atoms. The Morgan fingerprint density at radius 1 is 0.895 bits per heavy atom. The number of aromatic nitrogens is 1. The topological polar surface area (TPSA) is 22.0 Å². The minimum Gasteiger partial charge on any atom is -0.267 e. The van der Waals surface area contributed by atoms with Crippen molar-refractivity contribution in [3.8, 4) is 16.1 Å². The summed E-state index contributed by atoms with van der Waals surface area (Å²) in [6, 6.07) is 19.6. The largest absolute Gasteiger partial charge is 0.280 e. The molecule has 2 nitrogen and oxygen atoms in total. The summed E-state index contributed by atoms with van der Waals surface area (Å²) in [4.78, 5) is 13.2. The predicted molar refractivity (Wildman–Crippen MR) is 83.1 cm³/mol. The molecule has 0 atom stereocenters. The van der Waals surface area contributed by atoms with Gasteiger partial charge in [-0.15, -0.1) is 0 Å². The lowest BCUT2D eigenvalue weighted by Crippen LogP contribution is -2.10. The predicted octanol–water partition coefficient (Wildman–Crippen LogP) is 4.33. The fourth-order valence-corrected chi connectivity index (χ4v) is 3.60. The van der Waals surface area contributed by atoms with Crippen molar-refractivity contribution in [2.45, 2.75) is 0 Å². The first-order valence-corrected chi connectivity index (χ1v) is 7.36. The molecule has 4 heteroatoms. The van der Waals surface area contributed by atoms with Gasteiger partial charge in [0.2, 0.25) is 0 Å². The summed E-state index contributed by atoms with van der Waals surface area (Å²) in [6.45, 7) is 0. The Hall–Kier alpha value is -1.65. The summed E-state index contributed by atoms with van der Waals surface area (Å²) in [5.41, 5.74) is 1.92. The maximum atomic E-state index is 12.3. The maximum Gasteiger partial charge on any atom is 0.280 e. The molecule has 0 radical (unpaired) electrons. The van der Waals surface area contributed by atoms with Crippen LogP contribution in [-0.4, -0.2) is 3.96 Å². The molecule has 0 aliphatic carbocycles. The highest BCUT2D eigenvalue weighted by Gasteiger charge is 2.14.